The fourth-order valence-corrected chi connectivity index (χ4v) is 2.85. The van der Waals surface area contributed by atoms with E-state index in [1.54, 1.807) is 62.8 Å². The first-order chi connectivity index (χ1) is 13.5. The largest absolute Gasteiger partial charge is 0.497 e. The van der Waals surface area contributed by atoms with Crippen molar-refractivity contribution in [1.82, 2.24) is 0 Å². The van der Waals surface area contributed by atoms with Crippen LogP contribution >= 0.6 is 0 Å². The SMILES string of the molecule is COc1ccc(C(=O)c2ccc(N)c(N)c2C(=O)c2ccc(OC)cc2)cc1. The highest BCUT2D eigenvalue weighted by molar-refractivity contribution is 6.22. The van der Waals surface area contributed by atoms with Gasteiger partial charge in [0.2, 0.25) is 0 Å². The van der Waals surface area contributed by atoms with E-state index >= 15 is 0 Å². The minimum absolute atomic E-state index is 0.0835. The standard InChI is InChI=1S/C22H20N2O4/c1-27-15-7-3-13(4-8-15)21(25)17-11-12-18(23)20(24)19(17)22(26)14-5-9-16(28-2)10-6-14/h3-12H,23-24H2,1-2H3. The van der Waals surface area contributed by atoms with E-state index in [2.05, 4.69) is 0 Å². The van der Waals surface area contributed by atoms with Gasteiger partial charge in [0.15, 0.2) is 11.6 Å². The van der Waals surface area contributed by atoms with Crippen molar-refractivity contribution in [2.24, 2.45) is 0 Å². The third-order valence-electron chi connectivity index (χ3n) is 4.46. The molecular formula is C22H20N2O4. The molecule has 0 bridgehead atoms. The summed E-state index contributed by atoms with van der Waals surface area (Å²) in [5.74, 6) is 0.532. The maximum Gasteiger partial charge on any atom is 0.195 e. The molecule has 0 unspecified atom stereocenters. The normalized spacial score (nSPS) is 10.4. The first kappa shape index (κ1) is 19.0. The first-order valence-corrected chi connectivity index (χ1v) is 8.51. The van der Waals surface area contributed by atoms with Crippen LogP contribution in [0, 0.1) is 0 Å². The van der Waals surface area contributed by atoms with Gasteiger partial charge in [-0.3, -0.25) is 9.59 Å². The third kappa shape index (κ3) is 3.53. The molecule has 4 N–H and O–H groups in total. The lowest BCUT2D eigenvalue weighted by Crippen LogP contribution is -2.15. The summed E-state index contributed by atoms with van der Waals surface area (Å²) in [6.07, 6.45) is 0. The van der Waals surface area contributed by atoms with E-state index in [-0.39, 0.29) is 34.1 Å². The van der Waals surface area contributed by atoms with Gasteiger partial charge in [0.25, 0.3) is 0 Å². The number of ketones is 2. The van der Waals surface area contributed by atoms with E-state index < -0.39 is 0 Å². The number of carbonyl (C=O) groups is 2. The number of carbonyl (C=O) groups excluding carboxylic acids is 2. The molecule has 6 heteroatoms. The van der Waals surface area contributed by atoms with E-state index in [4.69, 9.17) is 20.9 Å². The van der Waals surface area contributed by atoms with Gasteiger partial charge in [0.1, 0.15) is 11.5 Å². The number of benzene rings is 3. The predicted octanol–water partition coefficient (Wildman–Crippen LogP) is 3.33. The molecule has 0 fully saturated rings. The number of anilines is 2. The first-order valence-electron chi connectivity index (χ1n) is 8.51. The van der Waals surface area contributed by atoms with Gasteiger partial charge < -0.3 is 20.9 Å². The molecule has 3 rings (SSSR count). The molecule has 0 atom stereocenters. The quantitative estimate of drug-likeness (QED) is 0.505. The number of ether oxygens (including phenoxy) is 2. The van der Waals surface area contributed by atoms with Gasteiger partial charge in [-0.05, 0) is 60.7 Å². The minimum Gasteiger partial charge on any atom is -0.497 e. The lowest BCUT2D eigenvalue weighted by Gasteiger charge is -2.13. The Balaban J connectivity index is 2.08. The van der Waals surface area contributed by atoms with Gasteiger partial charge in [-0.1, -0.05) is 0 Å². The van der Waals surface area contributed by atoms with Crippen molar-refractivity contribution >= 4 is 22.9 Å². The Morgan fingerprint density at radius 1 is 0.679 bits per heavy atom. The van der Waals surface area contributed by atoms with Crippen molar-refractivity contribution in [3.63, 3.8) is 0 Å². The predicted molar refractivity (Wildman–Crippen MR) is 108 cm³/mol. The van der Waals surface area contributed by atoms with Gasteiger partial charge in [0, 0.05) is 16.7 Å². The second kappa shape index (κ2) is 7.84. The molecule has 28 heavy (non-hydrogen) atoms. The van der Waals surface area contributed by atoms with E-state index in [9.17, 15) is 9.59 Å². The maximum atomic E-state index is 13.1. The molecule has 0 saturated heterocycles. The highest BCUT2D eigenvalue weighted by atomic mass is 16.5. The number of nitrogen functional groups attached to an aromatic ring is 2. The Bertz CT molecular complexity index is 1030. The van der Waals surface area contributed by atoms with Crippen LogP contribution in [0.4, 0.5) is 11.4 Å². The molecule has 0 spiro atoms. The van der Waals surface area contributed by atoms with Crippen LogP contribution in [-0.4, -0.2) is 25.8 Å². The summed E-state index contributed by atoms with van der Waals surface area (Å²) in [5.41, 5.74) is 13.4. The van der Waals surface area contributed by atoms with Gasteiger partial charge in [-0.2, -0.15) is 0 Å². The number of nitrogens with two attached hydrogens (primary N) is 2. The average molecular weight is 376 g/mol. The smallest absolute Gasteiger partial charge is 0.195 e. The fourth-order valence-electron chi connectivity index (χ4n) is 2.85. The molecule has 0 amide bonds. The summed E-state index contributed by atoms with van der Waals surface area (Å²) in [6, 6.07) is 16.2. The zero-order chi connectivity index (χ0) is 20.3. The van der Waals surface area contributed by atoms with E-state index in [0.717, 1.165) is 0 Å². The van der Waals surface area contributed by atoms with Crippen molar-refractivity contribution in [2.75, 3.05) is 25.7 Å². The van der Waals surface area contributed by atoms with Crippen molar-refractivity contribution in [3.05, 3.63) is 82.9 Å². The highest BCUT2D eigenvalue weighted by Gasteiger charge is 2.23. The van der Waals surface area contributed by atoms with Gasteiger partial charge in [0.05, 0.1) is 31.2 Å². The molecular weight excluding hydrogens is 356 g/mol. The number of methoxy groups -OCH3 is 2. The summed E-state index contributed by atoms with van der Waals surface area (Å²) < 4.78 is 10.2. The molecule has 0 radical (unpaired) electrons. The topological polar surface area (TPSA) is 105 Å². The van der Waals surface area contributed by atoms with Crippen LogP contribution in [0.15, 0.2) is 60.7 Å². The monoisotopic (exact) mass is 376 g/mol. The van der Waals surface area contributed by atoms with Crippen LogP contribution in [0.25, 0.3) is 0 Å². The van der Waals surface area contributed by atoms with E-state index in [1.165, 1.54) is 12.1 Å². The average Bonchev–Trinajstić information content (AvgIpc) is 2.74. The van der Waals surface area contributed by atoms with E-state index in [1.807, 2.05) is 0 Å². The van der Waals surface area contributed by atoms with Crippen LogP contribution in [0.3, 0.4) is 0 Å². The fraction of sp³-hybridized carbons (Fsp3) is 0.0909. The molecule has 3 aromatic carbocycles. The Hall–Kier alpha value is -3.80. The number of hydrogen-bond acceptors (Lipinski definition) is 6. The molecule has 0 aliphatic carbocycles. The summed E-state index contributed by atoms with van der Waals surface area (Å²) in [7, 11) is 3.08. The molecule has 0 saturated carbocycles. The van der Waals surface area contributed by atoms with E-state index in [0.29, 0.717) is 22.6 Å². The summed E-state index contributed by atoms with van der Waals surface area (Å²) >= 11 is 0. The van der Waals surface area contributed by atoms with Gasteiger partial charge >= 0.3 is 0 Å². The van der Waals surface area contributed by atoms with Crippen LogP contribution in [-0.2, 0) is 0 Å². The highest BCUT2D eigenvalue weighted by Crippen LogP contribution is 2.29. The van der Waals surface area contributed by atoms with Gasteiger partial charge in [-0.15, -0.1) is 0 Å². The maximum absolute atomic E-state index is 13.1. The van der Waals surface area contributed by atoms with Crippen molar-refractivity contribution in [1.29, 1.82) is 0 Å². The lowest BCUT2D eigenvalue weighted by molar-refractivity contribution is 0.100. The number of hydrogen-bond donors (Lipinski definition) is 2. The minimum atomic E-state index is -0.385. The Kier molecular flexibility index (Phi) is 5.31. The molecule has 142 valence electrons. The Morgan fingerprint density at radius 2 is 1.14 bits per heavy atom. The van der Waals surface area contributed by atoms with Crippen molar-refractivity contribution in [3.8, 4) is 11.5 Å². The summed E-state index contributed by atoms with van der Waals surface area (Å²) in [4.78, 5) is 26.2. The third-order valence-corrected chi connectivity index (χ3v) is 4.46. The molecule has 0 aromatic heterocycles. The molecule has 0 heterocycles. The zero-order valence-corrected chi connectivity index (χ0v) is 15.6. The zero-order valence-electron chi connectivity index (χ0n) is 15.6. The number of rotatable bonds is 6. The van der Waals surface area contributed by atoms with Crippen molar-refractivity contribution in [2.45, 2.75) is 0 Å². The molecule has 0 aliphatic rings. The van der Waals surface area contributed by atoms with Crippen LogP contribution < -0.4 is 20.9 Å². The van der Waals surface area contributed by atoms with Gasteiger partial charge in [-0.25, -0.2) is 0 Å². The van der Waals surface area contributed by atoms with Crippen LogP contribution in [0.5, 0.6) is 11.5 Å². The van der Waals surface area contributed by atoms with Crippen LogP contribution in [0.2, 0.25) is 0 Å². The Labute approximate surface area is 162 Å². The summed E-state index contributed by atoms with van der Waals surface area (Å²) in [5, 5.41) is 0. The second-order valence-electron chi connectivity index (χ2n) is 6.11. The molecule has 0 aliphatic heterocycles. The summed E-state index contributed by atoms with van der Waals surface area (Å²) in [6.45, 7) is 0. The lowest BCUT2D eigenvalue weighted by atomic mass is 9.91. The molecule has 3 aromatic rings. The van der Waals surface area contributed by atoms with Crippen LogP contribution in [0.1, 0.15) is 31.8 Å². The van der Waals surface area contributed by atoms with Crippen molar-refractivity contribution < 1.29 is 19.1 Å². The second-order valence-corrected chi connectivity index (χ2v) is 6.11. The Morgan fingerprint density at radius 3 is 1.61 bits per heavy atom. The molecule has 6 nitrogen and oxygen atoms in total.